The SMILES string of the molecule is CCC(CCc1ncco1)c1ncco1. The Labute approximate surface area is 88.3 Å². The first-order valence-corrected chi connectivity index (χ1v) is 5.18. The Morgan fingerprint density at radius 3 is 2.60 bits per heavy atom. The highest BCUT2D eigenvalue weighted by Gasteiger charge is 2.14. The zero-order valence-corrected chi connectivity index (χ0v) is 8.72. The van der Waals surface area contributed by atoms with Gasteiger partial charge in [-0.25, -0.2) is 9.97 Å². The van der Waals surface area contributed by atoms with Crippen LogP contribution in [-0.4, -0.2) is 9.97 Å². The molecule has 0 radical (unpaired) electrons. The summed E-state index contributed by atoms with van der Waals surface area (Å²) in [5, 5.41) is 0. The van der Waals surface area contributed by atoms with E-state index in [1.165, 1.54) is 0 Å². The fraction of sp³-hybridized carbons (Fsp3) is 0.455. The largest absolute Gasteiger partial charge is 0.449 e. The Bertz CT molecular complexity index is 367. The molecule has 80 valence electrons. The van der Waals surface area contributed by atoms with E-state index in [2.05, 4.69) is 16.9 Å². The van der Waals surface area contributed by atoms with Gasteiger partial charge in [-0.3, -0.25) is 0 Å². The summed E-state index contributed by atoms with van der Waals surface area (Å²) in [4.78, 5) is 8.26. The molecule has 2 aromatic rings. The van der Waals surface area contributed by atoms with Crippen molar-refractivity contribution >= 4 is 0 Å². The maximum Gasteiger partial charge on any atom is 0.197 e. The van der Waals surface area contributed by atoms with Gasteiger partial charge in [-0.1, -0.05) is 6.92 Å². The number of nitrogens with zero attached hydrogens (tertiary/aromatic N) is 2. The van der Waals surface area contributed by atoms with E-state index in [0.717, 1.165) is 31.0 Å². The zero-order valence-electron chi connectivity index (χ0n) is 8.72. The minimum atomic E-state index is 0.354. The van der Waals surface area contributed by atoms with Gasteiger partial charge in [0.1, 0.15) is 12.5 Å². The van der Waals surface area contributed by atoms with Crippen molar-refractivity contribution < 1.29 is 8.83 Å². The molecule has 4 nitrogen and oxygen atoms in total. The molecule has 0 aromatic carbocycles. The molecule has 0 amide bonds. The van der Waals surface area contributed by atoms with Gasteiger partial charge in [0.2, 0.25) is 0 Å². The summed E-state index contributed by atoms with van der Waals surface area (Å²) < 4.78 is 10.5. The van der Waals surface area contributed by atoms with E-state index in [-0.39, 0.29) is 0 Å². The van der Waals surface area contributed by atoms with E-state index in [0.29, 0.717) is 5.92 Å². The molecule has 2 rings (SSSR count). The molecule has 0 aliphatic carbocycles. The minimum Gasteiger partial charge on any atom is -0.449 e. The van der Waals surface area contributed by atoms with Crippen LogP contribution in [0.5, 0.6) is 0 Å². The molecule has 0 bridgehead atoms. The molecule has 2 aromatic heterocycles. The number of aryl methyl sites for hydroxylation is 1. The lowest BCUT2D eigenvalue weighted by Gasteiger charge is -2.08. The van der Waals surface area contributed by atoms with E-state index in [1.807, 2.05) is 0 Å². The fourth-order valence-corrected chi connectivity index (χ4v) is 1.61. The van der Waals surface area contributed by atoms with Crippen molar-refractivity contribution in [1.82, 2.24) is 9.97 Å². The van der Waals surface area contributed by atoms with Crippen LogP contribution in [0.25, 0.3) is 0 Å². The molecule has 2 heterocycles. The lowest BCUT2D eigenvalue weighted by Crippen LogP contribution is -2.00. The summed E-state index contributed by atoms with van der Waals surface area (Å²) in [5.41, 5.74) is 0. The van der Waals surface area contributed by atoms with Gasteiger partial charge in [0, 0.05) is 12.3 Å². The Kier molecular flexibility index (Phi) is 3.17. The summed E-state index contributed by atoms with van der Waals surface area (Å²) >= 11 is 0. The predicted octanol–water partition coefficient (Wildman–Crippen LogP) is 2.79. The first-order chi connectivity index (χ1) is 7.40. The van der Waals surface area contributed by atoms with Crippen LogP contribution >= 0.6 is 0 Å². The average molecular weight is 206 g/mol. The van der Waals surface area contributed by atoms with Crippen molar-refractivity contribution in [3.8, 4) is 0 Å². The minimum absolute atomic E-state index is 0.354. The maximum atomic E-state index is 5.29. The summed E-state index contributed by atoms with van der Waals surface area (Å²) in [7, 11) is 0. The van der Waals surface area contributed by atoms with Crippen molar-refractivity contribution in [1.29, 1.82) is 0 Å². The smallest absolute Gasteiger partial charge is 0.197 e. The van der Waals surface area contributed by atoms with Crippen LogP contribution in [-0.2, 0) is 6.42 Å². The van der Waals surface area contributed by atoms with Gasteiger partial charge in [-0.05, 0) is 12.8 Å². The summed E-state index contributed by atoms with van der Waals surface area (Å²) in [6.07, 6.45) is 9.36. The number of hydrogen-bond acceptors (Lipinski definition) is 4. The number of aromatic nitrogens is 2. The highest BCUT2D eigenvalue weighted by Crippen LogP contribution is 2.23. The molecule has 15 heavy (non-hydrogen) atoms. The summed E-state index contributed by atoms with van der Waals surface area (Å²) in [6.45, 7) is 2.13. The Hall–Kier alpha value is -1.58. The van der Waals surface area contributed by atoms with E-state index < -0.39 is 0 Å². The van der Waals surface area contributed by atoms with Gasteiger partial charge in [0.05, 0.1) is 12.4 Å². The molecule has 0 saturated carbocycles. The van der Waals surface area contributed by atoms with Crippen LogP contribution in [0.2, 0.25) is 0 Å². The maximum absolute atomic E-state index is 5.29. The number of rotatable bonds is 5. The second-order valence-electron chi connectivity index (χ2n) is 3.44. The Balaban J connectivity index is 1.92. The molecule has 4 heteroatoms. The summed E-state index contributed by atoms with van der Waals surface area (Å²) in [6, 6.07) is 0. The summed E-state index contributed by atoms with van der Waals surface area (Å²) in [5.74, 6) is 1.94. The second-order valence-corrected chi connectivity index (χ2v) is 3.44. The normalized spacial score (nSPS) is 12.9. The molecule has 0 saturated heterocycles. The lowest BCUT2D eigenvalue weighted by molar-refractivity contribution is 0.406. The van der Waals surface area contributed by atoms with Crippen LogP contribution < -0.4 is 0 Å². The van der Waals surface area contributed by atoms with Crippen LogP contribution in [0.3, 0.4) is 0 Å². The van der Waals surface area contributed by atoms with Crippen molar-refractivity contribution in [3.05, 3.63) is 36.7 Å². The van der Waals surface area contributed by atoms with E-state index >= 15 is 0 Å². The molecule has 0 fully saturated rings. The quantitative estimate of drug-likeness (QED) is 0.754. The third-order valence-electron chi connectivity index (χ3n) is 2.48. The molecule has 0 aliphatic rings. The standard InChI is InChI=1S/C11H14N2O2/c1-2-9(11-13-6-8-15-11)3-4-10-12-5-7-14-10/h5-9H,2-4H2,1H3. The van der Waals surface area contributed by atoms with Crippen molar-refractivity contribution in [2.24, 2.45) is 0 Å². The van der Waals surface area contributed by atoms with Crippen molar-refractivity contribution in [3.63, 3.8) is 0 Å². The first kappa shape index (κ1) is 9.96. The highest BCUT2D eigenvalue weighted by atomic mass is 16.3. The van der Waals surface area contributed by atoms with Gasteiger partial charge in [0.25, 0.3) is 0 Å². The van der Waals surface area contributed by atoms with Crippen LogP contribution in [0, 0.1) is 0 Å². The monoisotopic (exact) mass is 206 g/mol. The topological polar surface area (TPSA) is 52.1 Å². The zero-order chi connectivity index (χ0) is 10.5. The molecule has 0 spiro atoms. The van der Waals surface area contributed by atoms with E-state index in [9.17, 15) is 0 Å². The number of oxazole rings is 2. The van der Waals surface area contributed by atoms with Gasteiger partial charge in [0.15, 0.2) is 11.8 Å². The van der Waals surface area contributed by atoms with E-state index in [4.69, 9.17) is 8.83 Å². The Morgan fingerprint density at radius 2 is 2.00 bits per heavy atom. The highest BCUT2D eigenvalue weighted by molar-refractivity contribution is 4.93. The van der Waals surface area contributed by atoms with Gasteiger partial charge < -0.3 is 8.83 Å². The molecule has 1 atom stereocenters. The Morgan fingerprint density at radius 1 is 1.20 bits per heavy atom. The number of hydrogen-bond donors (Lipinski definition) is 0. The van der Waals surface area contributed by atoms with Crippen molar-refractivity contribution in [2.45, 2.75) is 32.1 Å². The van der Waals surface area contributed by atoms with Gasteiger partial charge in [-0.15, -0.1) is 0 Å². The van der Waals surface area contributed by atoms with Crippen molar-refractivity contribution in [2.75, 3.05) is 0 Å². The predicted molar refractivity (Wildman–Crippen MR) is 54.4 cm³/mol. The molecule has 0 N–H and O–H groups in total. The van der Waals surface area contributed by atoms with Crippen LogP contribution in [0.15, 0.2) is 33.8 Å². The van der Waals surface area contributed by atoms with Crippen LogP contribution in [0.4, 0.5) is 0 Å². The third kappa shape index (κ3) is 2.46. The van der Waals surface area contributed by atoms with Gasteiger partial charge in [-0.2, -0.15) is 0 Å². The lowest BCUT2D eigenvalue weighted by atomic mass is 10.0. The molecule has 1 unspecified atom stereocenters. The van der Waals surface area contributed by atoms with E-state index in [1.54, 1.807) is 24.9 Å². The third-order valence-corrected chi connectivity index (χ3v) is 2.48. The molecule has 0 aliphatic heterocycles. The molecular weight excluding hydrogens is 192 g/mol. The molecular formula is C11H14N2O2. The van der Waals surface area contributed by atoms with Gasteiger partial charge >= 0.3 is 0 Å². The fourth-order valence-electron chi connectivity index (χ4n) is 1.61. The second kappa shape index (κ2) is 4.77. The first-order valence-electron chi connectivity index (χ1n) is 5.18. The average Bonchev–Trinajstić information content (AvgIpc) is 2.90. The van der Waals surface area contributed by atoms with Crippen LogP contribution in [0.1, 0.15) is 37.5 Å².